The molecular formula is C7H17N3. The van der Waals surface area contributed by atoms with Crippen LogP contribution in [0.2, 0.25) is 0 Å². The van der Waals surface area contributed by atoms with Crippen LogP contribution in [0.25, 0.3) is 0 Å². The van der Waals surface area contributed by atoms with Crippen LogP contribution in [0.15, 0.2) is 0 Å². The van der Waals surface area contributed by atoms with Crippen molar-refractivity contribution >= 4 is 0 Å². The molecular weight excluding hydrogens is 126 g/mol. The first-order valence-corrected chi connectivity index (χ1v) is 3.95. The van der Waals surface area contributed by atoms with Crippen LogP contribution in [0.4, 0.5) is 0 Å². The molecule has 60 valence electrons. The molecule has 1 rings (SSSR count). The van der Waals surface area contributed by atoms with Crippen molar-refractivity contribution in [1.29, 1.82) is 0 Å². The van der Waals surface area contributed by atoms with E-state index >= 15 is 0 Å². The molecule has 0 aromatic rings. The minimum atomic E-state index is 1.15. The monoisotopic (exact) mass is 143 g/mol. The lowest BCUT2D eigenvalue weighted by Gasteiger charge is -2.28. The van der Waals surface area contributed by atoms with Gasteiger partial charge in [0.05, 0.1) is 0 Å². The average molecular weight is 143 g/mol. The van der Waals surface area contributed by atoms with Gasteiger partial charge in [-0.2, -0.15) is 5.12 Å². The zero-order chi connectivity index (χ0) is 7.56. The fourth-order valence-corrected chi connectivity index (χ4v) is 1.32. The van der Waals surface area contributed by atoms with Gasteiger partial charge in [0.2, 0.25) is 0 Å². The van der Waals surface area contributed by atoms with Gasteiger partial charge in [0.15, 0.2) is 0 Å². The molecule has 1 aliphatic heterocycles. The Bertz CT molecular complexity index is 95.0. The minimum absolute atomic E-state index is 1.15. The smallest absolute Gasteiger partial charge is 0.0290 e. The molecule has 0 atom stereocenters. The first-order chi connectivity index (χ1) is 4.75. The maximum atomic E-state index is 2.29. The van der Waals surface area contributed by atoms with Gasteiger partial charge < -0.3 is 0 Å². The van der Waals surface area contributed by atoms with E-state index in [2.05, 4.69) is 36.2 Å². The summed E-state index contributed by atoms with van der Waals surface area (Å²) >= 11 is 0. The molecule has 1 heterocycles. The summed E-state index contributed by atoms with van der Waals surface area (Å²) in [5, 5.41) is 6.83. The second kappa shape index (κ2) is 3.32. The van der Waals surface area contributed by atoms with Crippen LogP contribution in [0.1, 0.15) is 13.3 Å². The molecule has 0 amide bonds. The third-order valence-corrected chi connectivity index (χ3v) is 1.96. The highest BCUT2D eigenvalue weighted by molar-refractivity contribution is 4.60. The number of likely N-dealkylation sites (N-methyl/N-ethyl adjacent to an activating group) is 2. The van der Waals surface area contributed by atoms with Crippen LogP contribution < -0.4 is 0 Å². The Morgan fingerprint density at radius 2 is 1.60 bits per heavy atom. The van der Waals surface area contributed by atoms with Crippen molar-refractivity contribution in [3.8, 4) is 0 Å². The summed E-state index contributed by atoms with van der Waals surface area (Å²) in [6.07, 6.45) is 1.22. The predicted molar refractivity (Wildman–Crippen MR) is 42.3 cm³/mol. The Morgan fingerprint density at radius 1 is 1.10 bits per heavy atom. The van der Waals surface area contributed by atoms with E-state index in [1.54, 1.807) is 0 Å². The lowest BCUT2D eigenvalue weighted by atomic mass is 10.5. The lowest BCUT2D eigenvalue weighted by molar-refractivity contribution is -0.0920. The summed E-state index contributed by atoms with van der Waals surface area (Å²) in [6, 6.07) is 0. The molecule has 0 unspecified atom stereocenters. The molecule has 0 bridgehead atoms. The van der Waals surface area contributed by atoms with Crippen molar-refractivity contribution in [3.63, 3.8) is 0 Å². The zero-order valence-corrected chi connectivity index (χ0v) is 7.17. The van der Waals surface area contributed by atoms with Gasteiger partial charge in [0, 0.05) is 33.7 Å². The van der Waals surface area contributed by atoms with Crippen molar-refractivity contribution in [2.75, 3.05) is 33.7 Å². The Kier molecular flexibility index (Phi) is 2.65. The molecule has 1 saturated heterocycles. The second-order valence-corrected chi connectivity index (χ2v) is 2.86. The van der Waals surface area contributed by atoms with E-state index in [-0.39, 0.29) is 0 Å². The third-order valence-electron chi connectivity index (χ3n) is 1.96. The van der Waals surface area contributed by atoms with Gasteiger partial charge >= 0.3 is 0 Å². The fourth-order valence-electron chi connectivity index (χ4n) is 1.32. The molecule has 10 heavy (non-hydrogen) atoms. The van der Waals surface area contributed by atoms with Gasteiger partial charge in [-0.1, -0.05) is 6.92 Å². The zero-order valence-electron chi connectivity index (χ0n) is 7.17. The van der Waals surface area contributed by atoms with Crippen molar-refractivity contribution in [2.45, 2.75) is 13.3 Å². The standard InChI is InChI=1S/C7H17N3/c1-4-5-10-8(2)6-7-9(10)3/h4-7H2,1-3H3. The van der Waals surface area contributed by atoms with Crippen molar-refractivity contribution in [1.82, 2.24) is 15.1 Å². The molecule has 0 saturated carbocycles. The second-order valence-electron chi connectivity index (χ2n) is 2.86. The van der Waals surface area contributed by atoms with Crippen LogP contribution in [-0.4, -0.2) is 48.9 Å². The van der Waals surface area contributed by atoms with Gasteiger partial charge in [0.1, 0.15) is 0 Å². The van der Waals surface area contributed by atoms with Gasteiger partial charge in [-0.25, -0.2) is 10.0 Å². The molecule has 0 aromatic carbocycles. The van der Waals surface area contributed by atoms with Gasteiger partial charge in [0.25, 0.3) is 0 Å². The SMILES string of the molecule is CCCN1N(C)CCN1C. The van der Waals surface area contributed by atoms with E-state index in [1.807, 2.05) is 0 Å². The largest absolute Gasteiger partial charge is 0.230 e. The van der Waals surface area contributed by atoms with E-state index in [0.717, 1.165) is 19.6 Å². The van der Waals surface area contributed by atoms with E-state index in [0.29, 0.717) is 0 Å². The Labute approximate surface area is 63.1 Å². The Hall–Kier alpha value is -0.120. The highest BCUT2D eigenvalue weighted by Crippen LogP contribution is 2.07. The summed E-state index contributed by atoms with van der Waals surface area (Å²) in [4.78, 5) is 0. The minimum Gasteiger partial charge on any atom is -0.230 e. The fraction of sp³-hybridized carbons (Fsp3) is 1.00. The number of rotatable bonds is 2. The normalized spacial score (nSPS) is 24.3. The summed E-state index contributed by atoms with van der Waals surface area (Å²) in [7, 11) is 4.28. The van der Waals surface area contributed by atoms with Gasteiger partial charge in [-0.05, 0) is 6.42 Å². The van der Waals surface area contributed by atoms with Gasteiger partial charge in [-0.3, -0.25) is 0 Å². The van der Waals surface area contributed by atoms with E-state index in [1.165, 1.54) is 6.42 Å². The van der Waals surface area contributed by atoms with Crippen molar-refractivity contribution in [3.05, 3.63) is 0 Å². The average Bonchev–Trinajstić information content (AvgIpc) is 2.20. The lowest BCUT2D eigenvalue weighted by Crippen LogP contribution is -2.41. The maximum absolute atomic E-state index is 2.29. The van der Waals surface area contributed by atoms with E-state index < -0.39 is 0 Å². The quantitative estimate of drug-likeness (QED) is 0.554. The van der Waals surface area contributed by atoms with Crippen LogP contribution in [0.5, 0.6) is 0 Å². The number of hydrogen-bond acceptors (Lipinski definition) is 3. The number of nitrogens with zero attached hydrogens (tertiary/aromatic N) is 3. The molecule has 3 nitrogen and oxygen atoms in total. The summed E-state index contributed by atoms with van der Waals surface area (Å²) < 4.78 is 0. The summed E-state index contributed by atoms with van der Waals surface area (Å²) in [6.45, 7) is 5.68. The molecule has 0 aromatic heterocycles. The maximum Gasteiger partial charge on any atom is 0.0290 e. The number of hydrogen-bond donors (Lipinski definition) is 0. The van der Waals surface area contributed by atoms with Crippen molar-refractivity contribution < 1.29 is 0 Å². The van der Waals surface area contributed by atoms with Crippen LogP contribution >= 0.6 is 0 Å². The van der Waals surface area contributed by atoms with Crippen LogP contribution in [0, 0.1) is 0 Å². The highest BCUT2D eigenvalue weighted by atomic mass is 15.9. The predicted octanol–water partition coefficient (Wildman–Crippen LogP) is 0.406. The third kappa shape index (κ3) is 1.48. The molecule has 0 radical (unpaired) electrons. The molecule has 0 N–H and O–H groups in total. The highest BCUT2D eigenvalue weighted by Gasteiger charge is 2.21. The summed E-state index contributed by atoms with van der Waals surface area (Å²) in [5.74, 6) is 0. The molecule has 1 fully saturated rings. The molecule has 3 heteroatoms. The molecule has 1 aliphatic rings. The van der Waals surface area contributed by atoms with E-state index in [9.17, 15) is 0 Å². The van der Waals surface area contributed by atoms with Gasteiger partial charge in [-0.15, -0.1) is 0 Å². The molecule has 0 aliphatic carbocycles. The Morgan fingerprint density at radius 3 is 2.00 bits per heavy atom. The Balaban J connectivity index is 2.38. The van der Waals surface area contributed by atoms with Crippen molar-refractivity contribution in [2.24, 2.45) is 0 Å². The topological polar surface area (TPSA) is 9.72 Å². The first-order valence-electron chi connectivity index (χ1n) is 3.95. The molecule has 0 spiro atoms. The van der Waals surface area contributed by atoms with E-state index in [4.69, 9.17) is 0 Å². The van der Waals surface area contributed by atoms with Crippen LogP contribution in [-0.2, 0) is 0 Å². The summed E-state index contributed by atoms with van der Waals surface area (Å²) in [5.41, 5.74) is 0. The number of hydrazine groups is 2. The van der Waals surface area contributed by atoms with Crippen LogP contribution in [0.3, 0.4) is 0 Å². The first kappa shape index (κ1) is 7.98.